The predicted octanol–water partition coefficient (Wildman–Crippen LogP) is 1.04. The van der Waals surface area contributed by atoms with E-state index in [-0.39, 0.29) is 41.0 Å². The Hall–Kier alpha value is -2.15. The van der Waals surface area contributed by atoms with Gasteiger partial charge in [0.2, 0.25) is 11.8 Å². The first-order chi connectivity index (χ1) is 11.3. The van der Waals surface area contributed by atoms with Gasteiger partial charge in [0.15, 0.2) is 0 Å². The second-order valence-corrected chi connectivity index (χ2v) is 6.55. The van der Waals surface area contributed by atoms with Gasteiger partial charge in [0.05, 0.1) is 16.6 Å². The molecule has 0 saturated carbocycles. The van der Waals surface area contributed by atoms with E-state index in [0.717, 1.165) is 6.07 Å². The number of nitrogens with one attached hydrogen (secondary N) is 1. The minimum Gasteiger partial charge on any atom is -0.352 e. The van der Waals surface area contributed by atoms with Gasteiger partial charge in [0.25, 0.3) is 5.91 Å². The van der Waals surface area contributed by atoms with Crippen molar-refractivity contribution in [1.82, 2.24) is 15.1 Å². The number of piperazine rings is 1. The van der Waals surface area contributed by atoms with Gasteiger partial charge in [-0.25, -0.2) is 4.39 Å². The van der Waals surface area contributed by atoms with E-state index in [0.29, 0.717) is 19.5 Å². The molecule has 2 atom stereocenters. The van der Waals surface area contributed by atoms with E-state index in [1.165, 1.54) is 24.0 Å². The molecule has 0 radical (unpaired) electrons. The molecule has 2 aliphatic heterocycles. The van der Waals surface area contributed by atoms with Crippen molar-refractivity contribution in [2.75, 3.05) is 19.6 Å². The lowest BCUT2D eigenvalue weighted by Gasteiger charge is -2.37. The van der Waals surface area contributed by atoms with Crippen molar-refractivity contribution >= 4 is 29.3 Å². The maximum atomic E-state index is 13.1. The summed E-state index contributed by atoms with van der Waals surface area (Å²) in [5.41, 5.74) is 0.177. The topological polar surface area (TPSA) is 69.7 Å². The third kappa shape index (κ3) is 3.21. The molecule has 0 bridgehead atoms. The van der Waals surface area contributed by atoms with Gasteiger partial charge in [-0.2, -0.15) is 0 Å². The highest BCUT2D eigenvalue weighted by Crippen LogP contribution is 2.26. The number of halogens is 2. The number of hydrogen-bond acceptors (Lipinski definition) is 3. The Morgan fingerprint density at radius 3 is 2.75 bits per heavy atom. The smallest absolute Gasteiger partial charge is 0.255 e. The molecule has 2 saturated heterocycles. The maximum absolute atomic E-state index is 13.1. The summed E-state index contributed by atoms with van der Waals surface area (Å²) in [5, 5.41) is 2.84. The van der Waals surface area contributed by atoms with E-state index in [9.17, 15) is 18.8 Å². The monoisotopic (exact) mass is 353 g/mol. The fraction of sp³-hybridized carbons (Fsp3) is 0.438. The summed E-state index contributed by atoms with van der Waals surface area (Å²) < 4.78 is 13.1. The standard InChI is InChI=1S/C16H17ClFN3O3/c1-9(22)19-11-5-12-7-20(8-15(23)21(12)6-11)16(24)13-3-2-10(18)4-14(13)17/h2-4,11-12H,5-8H2,1H3,(H,19,22)/t11-,12-/m0/s1. The lowest BCUT2D eigenvalue weighted by atomic mass is 10.1. The fourth-order valence-electron chi connectivity index (χ4n) is 3.35. The molecule has 0 aliphatic carbocycles. The molecular formula is C16H17ClFN3O3. The van der Waals surface area contributed by atoms with Crippen LogP contribution >= 0.6 is 11.6 Å². The van der Waals surface area contributed by atoms with Gasteiger partial charge < -0.3 is 15.1 Å². The van der Waals surface area contributed by atoms with Crippen LogP contribution in [-0.2, 0) is 9.59 Å². The number of fused-ring (bicyclic) bond motifs is 1. The third-order valence-electron chi connectivity index (χ3n) is 4.35. The fourth-order valence-corrected chi connectivity index (χ4v) is 3.60. The molecule has 2 heterocycles. The Bertz CT molecular complexity index is 712. The van der Waals surface area contributed by atoms with Gasteiger partial charge in [-0.1, -0.05) is 11.6 Å². The van der Waals surface area contributed by atoms with Crippen molar-refractivity contribution in [2.45, 2.75) is 25.4 Å². The molecule has 1 N–H and O–H groups in total. The SMILES string of the molecule is CC(=O)N[C@H]1C[C@H]2CN(C(=O)c3ccc(F)cc3Cl)CC(=O)N2C1. The van der Waals surface area contributed by atoms with Crippen LogP contribution in [0.15, 0.2) is 18.2 Å². The van der Waals surface area contributed by atoms with Crippen LogP contribution in [0.4, 0.5) is 4.39 Å². The first-order valence-corrected chi connectivity index (χ1v) is 8.04. The van der Waals surface area contributed by atoms with Gasteiger partial charge in [0.1, 0.15) is 12.4 Å². The number of nitrogens with zero attached hydrogens (tertiary/aromatic N) is 2. The van der Waals surface area contributed by atoms with Gasteiger partial charge in [-0.3, -0.25) is 14.4 Å². The molecule has 24 heavy (non-hydrogen) atoms. The zero-order chi connectivity index (χ0) is 17.4. The highest BCUT2D eigenvalue weighted by molar-refractivity contribution is 6.33. The molecule has 128 valence electrons. The van der Waals surface area contributed by atoms with Crippen LogP contribution in [0.5, 0.6) is 0 Å². The number of amides is 3. The largest absolute Gasteiger partial charge is 0.352 e. The van der Waals surface area contributed by atoms with E-state index in [1.807, 2.05) is 0 Å². The Balaban J connectivity index is 1.74. The summed E-state index contributed by atoms with van der Waals surface area (Å²) in [6.45, 7) is 2.22. The summed E-state index contributed by atoms with van der Waals surface area (Å²) >= 11 is 5.94. The summed E-state index contributed by atoms with van der Waals surface area (Å²) in [4.78, 5) is 39.2. The van der Waals surface area contributed by atoms with Crippen molar-refractivity contribution in [2.24, 2.45) is 0 Å². The van der Waals surface area contributed by atoms with Crippen molar-refractivity contribution in [3.63, 3.8) is 0 Å². The molecular weight excluding hydrogens is 337 g/mol. The molecule has 0 unspecified atom stereocenters. The van der Waals surface area contributed by atoms with E-state index < -0.39 is 11.7 Å². The number of carbonyl (C=O) groups excluding carboxylic acids is 3. The van der Waals surface area contributed by atoms with Crippen molar-refractivity contribution in [1.29, 1.82) is 0 Å². The Labute approximate surface area is 143 Å². The van der Waals surface area contributed by atoms with Crippen LogP contribution in [0.25, 0.3) is 0 Å². The molecule has 0 spiro atoms. The number of hydrogen-bond donors (Lipinski definition) is 1. The van der Waals surface area contributed by atoms with Crippen LogP contribution < -0.4 is 5.32 Å². The quantitative estimate of drug-likeness (QED) is 0.863. The summed E-state index contributed by atoms with van der Waals surface area (Å²) in [5.74, 6) is -1.22. The summed E-state index contributed by atoms with van der Waals surface area (Å²) in [6, 6.07) is 3.34. The maximum Gasteiger partial charge on any atom is 0.255 e. The predicted molar refractivity (Wildman–Crippen MR) is 85.0 cm³/mol. The average molecular weight is 354 g/mol. The third-order valence-corrected chi connectivity index (χ3v) is 4.66. The zero-order valence-electron chi connectivity index (χ0n) is 13.1. The van der Waals surface area contributed by atoms with Gasteiger partial charge in [-0.05, 0) is 24.6 Å². The molecule has 2 aliphatic rings. The Kier molecular flexibility index (Phi) is 4.45. The molecule has 2 fully saturated rings. The van der Waals surface area contributed by atoms with Crippen LogP contribution in [0.1, 0.15) is 23.7 Å². The molecule has 0 aromatic heterocycles. The minimum absolute atomic E-state index is 0.0254. The normalized spacial score (nSPS) is 23.2. The van der Waals surface area contributed by atoms with E-state index in [4.69, 9.17) is 11.6 Å². The average Bonchev–Trinajstić information content (AvgIpc) is 2.88. The highest BCUT2D eigenvalue weighted by atomic mass is 35.5. The molecule has 1 aromatic rings. The molecule has 3 amide bonds. The van der Waals surface area contributed by atoms with Crippen molar-refractivity contribution < 1.29 is 18.8 Å². The highest BCUT2D eigenvalue weighted by Gasteiger charge is 2.41. The number of carbonyl (C=O) groups is 3. The summed E-state index contributed by atoms with van der Waals surface area (Å²) in [7, 11) is 0. The number of benzene rings is 1. The minimum atomic E-state index is -0.522. The van der Waals surface area contributed by atoms with E-state index >= 15 is 0 Å². The van der Waals surface area contributed by atoms with Crippen molar-refractivity contribution in [3.8, 4) is 0 Å². The van der Waals surface area contributed by atoms with E-state index in [1.54, 1.807) is 4.90 Å². The first-order valence-electron chi connectivity index (χ1n) is 7.66. The molecule has 6 nitrogen and oxygen atoms in total. The van der Waals surface area contributed by atoms with Crippen LogP contribution in [0.2, 0.25) is 5.02 Å². The van der Waals surface area contributed by atoms with E-state index in [2.05, 4.69) is 5.32 Å². The van der Waals surface area contributed by atoms with Crippen LogP contribution in [0.3, 0.4) is 0 Å². The zero-order valence-corrected chi connectivity index (χ0v) is 13.8. The Morgan fingerprint density at radius 1 is 1.33 bits per heavy atom. The number of rotatable bonds is 2. The summed E-state index contributed by atoms with van der Waals surface area (Å²) in [6.07, 6.45) is 0.603. The lowest BCUT2D eigenvalue weighted by Crippen LogP contribution is -2.55. The molecule has 3 rings (SSSR count). The molecule has 1 aromatic carbocycles. The van der Waals surface area contributed by atoms with Crippen LogP contribution in [0, 0.1) is 5.82 Å². The van der Waals surface area contributed by atoms with Crippen LogP contribution in [-0.4, -0.2) is 59.2 Å². The second kappa shape index (κ2) is 6.39. The second-order valence-electron chi connectivity index (χ2n) is 6.14. The van der Waals surface area contributed by atoms with Gasteiger partial charge in [0, 0.05) is 26.1 Å². The first kappa shape index (κ1) is 16.7. The van der Waals surface area contributed by atoms with Gasteiger partial charge >= 0.3 is 0 Å². The van der Waals surface area contributed by atoms with Gasteiger partial charge in [-0.15, -0.1) is 0 Å². The lowest BCUT2D eigenvalue weighted by molar-refractivity contribution is -0.136. The Morgan fingerprint density at radius 2 is 2.08 bits per heavy atom. The molecule has 8 heteroatoms. The van der Waals surface area contributed by atoms with Crippen molar-refractivity contribution in [3.05, 3.63) is 34.6 Å².